The molecule has 6 nitrogen and oxygen atoms in total. The number of aromatic nitrogens is 2. The minimum absolute atomic E-state index is 0.0617. The van der Waals surface area contributed by atoms with E-state index in [1.54, 1.807) is 4.90 Å². The highest BCUT2D eigenvalue weighted by Gasteiger charge is 2.21. The van der Waals surface area contributed by atoms with Crippen molar-refractivity contribution in [1.29, 1.82) is 0 Å². The van der Waals surface area contributed by atoms with Gasteiger partial charge in [0.25, 0.3) is 0 Å². The second-order valence-electron chi connectivity index (χ2n) is 5.85. The van der Waals surface area contributed by atoms with Crippen LogP contribution in [0.3, 0.4) is 0 Å². The van der Waals surface area contributed by atoms with Gasteiger partial charge in [0.2, 0.25) is 0 Å². The van der Waals surface area contributed by atoms with Crippen molar-refractivity contribution in [2.45, 2.75) is 45.6 Å². The first-order valence-corrected chi connectivity index (χ1v) is 7.69. The average Bonchev–Trinajstić information content (AvgIpc) is 2.69. The quantitative estimate of drug-likeness (QED) is 0.818. The zero-order valence-corrected chi connectivity index (χ0v) is 13.2. The fourth-order valence-corrected chi connectivity index (χ4v) is 2.89. The Balaban J connectivity index is 1.73. The smallest absolute Gasteiger partial charge is 0.317 e. The Hall–Kier alpha value is -1.56. The standard InChI is InChI=1S/C15H26N4O2/c1-11-14(12(2)18(3)17-11)7-4-8-16-15(21)19-9-5-6-13(20)10-19/h13,20H,4-10H2,1-3H3,(H,16,21). The van der Waals surface area contributed by atoms with E-state index < -0.39 is 0 Å². The van der Waals surface area contributed by atoms with Gasteiger partial charge in [-0.25, -0.2) is 4.79 Å². The second-order valence-corrected chi connectivity index (χ2v) is 5.85. The zero-order valence-electron chi connectivity index (χ0n) is 13.2. The summed E-state index contributed by atoms with van der Waals surface area (Å²) < 4.78 is 1.90. The molecule has 1 unspecified atom stereocenters. The van der Waals surface area contributed by atoms with Gasteiger partial charge >= 0.3 is 6.03 Å². The Bertz CT molecular complexity index is 498. The number of nitrogens with one attached hydrogen (secondary N) is 1. The molecule has 2 heterocycles. The number of aryl methyl sites for hydroxylation is 2. The van der Waals surface area contributed by atoms with Crippen molar-refractivity contribution >= 4 is 6.03 Å². The molecule has 0 spiro atoms. The van der Waals surface area contributed by atoms with Gasteiger partial charge in [0, 0.05) is 32.4 Å². The van der Waals surface area contributed by atoms with Gasteiger partial charge in [0.15, 0.2) is 0 Å². The van der Waals surface area contributed by atoms with Gasteiger partial charge in [-0.3, -0.25) is 4.68 Å². The van der Waals surface area contributed by atoms with Crippen molar-refractivity contribution in [2.75, 3.05) is 19.6 Å². The molecule has 1 atom stereocenters. The minimum Gasteiger partial charge on any atom is -0.391 e. The van der Waals surface area contributed by atoms with Crippen molar-refractivity contribution in [3.63, 3.8) is 0 Å². The number of carbonyl (C=O) groups excluding carboxylic acids is 1. The van der Waals surface area contributed by atoms with E-state index in [0.29, 0.717) is 13.1 Å². The van der Waals surface area contributed by atoms with E-state index in [1.807, 2.05) is 18.7 Å². The predicted octanol–water partition coefficient (Wildman–Crippen LogP) is 1.14. The third kappa shape index (κ3) is 3.97. The lowest BCUT2D eigenvalue weighted by Crippen LogP contribution is -2.47. The van der Waals surface area contributed by atoms with Crippen molar-refractivity contribution in [1.82, 2.24) is 20.0 Å². The lowest BCUT2D eigenvalue weighted by molar-refractivity contribution is 0.0843. The number of urea groups is 1. The van der Waals surface area contributed by atoms with Crippen molar-refractivity contribution in [3.05, 3.63) is 17.0 Å². The molecule has 6 heteroatoms. The summed E-state index contributed by atoms with van der Waals surface area (Å²) in [5, 5.41) is 16.9. The van der Waals surface area contributed by atoms with Gasteiger partial charge < -0.3 is 15.3 Å². The van der Waals surface area contributed by atoms with E-state index in [1.165, 1.54) is 11.3 Å². The molecule has 2 amide bonds. The molecular formula is C15H26N4O2. The van der Waals surface area contributed by atoms with Crippen LogP contribution in [0.25, 0.3) is 0 Å². The molecule has 1 saturated heterocycles. The second kappa shape index (κ2) is 6.93. The highest BCUT2D eigenvalue weighted by Crippen LogP contribution is 2.14. The molecule has 0 bridgehead atoms. The van der Waals surface area contributed by atoms with Gasteiger partial charge in [-0.1, -0.05) is 0 Å². The summed E-state index contributed by atoms with van der Waals surface area (Å²) in [5.74, 6) is 0. The summed E-state index contributed by atoms with van der Waals surface area (Å²) in [4.78, 5) is 13.7. The number of carbonyl (C=O) groups is 1. The van der Waals surface area contributed by atoms with Gasteiger partial charge in [0.1, 0.15) is 0 Å². The van der Waals surface area contributed by atoms with Crippen LogP contribution in [0.4, 0.5) is 4.79 Å². The molecule has 1 aliphatic rings. The number of hydrogen-bond donors (Lipinski definition) is 2. The van der Waals surface area contributed by atoms with Crippen LogP contribution in [0.2, 0.25) is 0 Å². The molecule has 1 aromatic rings. The predicted molar refractivity (Wildman–Crippen MR) is 81.2 cm³/mol. The molecule has 21 heavy (non-hydrogen) atoms. The van der Waals surface area contributed by atoms with Crippen LogP contribution in [0.15, 0.2) is 0 Å². The first-order chi connectivity index (χ1) is 9.99. The Labute approximate surface area is 126 Å². The normalized spacial score (nSPS) is 18.9. The Morgan fingerprint density at radius 2 is 2.24 bits per heavy atom. The summed E-state index contributed by atoms with van der Waals surface area (Å²) in [6.45, 7) is 5.94. The topological polar surface area (TPSA) is 70.4 Å². The summed E-state index contributed by atoms with van der Waals surface area (Å²) in [6, 6.07) is -0.0617. The fraction of sp³-hybridized carbons (Fsp3) is 0.733. The van der Waals surface area contributed by atoms with E-state index in [-0.39, 0.29) is 12.1 Å². The van der Waals surface area contributed by atoms with E-state index in [4.69, 9.17) is 0 Å². The number of β-amino-alcohol motifs (C(OH)–C–C–N with tert-alkyl or cyclic N) is 1. The lowest BCUT2D eigenvalue weighted by atomic mass is 10.1. The van der Waals surface area contributed by atoms with Crippen LogP contribution in [0.1, 0.15) is 36.2 Å². The van der Waals surface area contributed by atoms with Gasteiger partial charge in [-0.2, -0.15) is 5.10 Å². The summed E-state index contributed by atoms with van der Waals surface area (Å²) in [6.07, 6.45) is 3.13. The molecule has 1 fully saturated rings. The number of amides is 2. The largest absolute Gasteiger partial charge is 0.391 e. The Morgan fingerprint density at radius 3 is 2.86 bits per heavy atom. The number of piperidine rings is 1. The van der Waals surface area contributed by atoms with Gasteiger partial charge in [-0.05, 0) is 45.1 Å². The summed E-state index contributed by atoms with van der Waals surface area (Å²) in [7, 11) is 1.95. The number of likely N-dealkylation sites (tertiary alicyclic amines) is 1. The molecule has 0 aliphatic carbocycles. The first kappa shape index (κ1) is 15.8. The summed E-state index contributed by atoms with van der Waals surface area (Å²) in [5.41, 5.74) is 3.54. The van der Waals surface area contributed by atoms with Crippen molar-refractivity contribution in [3.8, 4) is 0 Å². The maximum absolute atomic E-state index is 12.0. The number of aliphatic hydroxyl groups is 1. The molecule has 0 aromatic carbocycles. The molecule has 1 aromatic heterocycles. The first-order valence-electron chi connectivity index (χ1n) is 7.69. The molecule has 2 N–H and O–H groups in total. The molecule has 0 saturated carbocycles. The van der Waals surface area contributed by atoms with Crippen LogP contribution < -0.4 is 5.32 Å². The molecule has 1 aliphatic heterocycles. The maximum Gasteiger partial charge on any atom is 0.317 e. The molecule has 0 radical (unpaired) electrons. The van der Waals surface area contributed by atoms with E-state index >= 15 is 0 Å². The lowest BCUT2D eigenvalue weighted by Gasteiger charge is -2.30. The van der Waals surface area contributed by atoms with Crippen molar-refractivity contribution in [2.24, 2.45) is 7.05 Å². The average molecular weight is 294 g/mol. The highest BCUT2D eigenvalue weighted by atomic mass is 16.3. The third-order valence-electron chi connectivity index (χ3n) is 4.22. The fourth-order valence-electron chi connectivity index (χ4n) is 2.89. The SMILES string of the molecule is Cc1nn(C)c(C)c1CCCNC(=O)N1CCCC(O)C1. The Kier molecular flexibility index (Phi) is 5.22. The van der Waals surface area contributed by atoms with E-state index in [2.05, 4.69) is 17.3 Å². The van der Waals surface area contributed by atoms with Crippen LogP contribution >= 0.6 is 0 Å². The monoisotopic (exact) mass is 294 g/mol. The Morgan fingerprint density at radius 1 is 1.48 bits per heavy atom. The number of aliphatic hydroxyl groups excluding tert-OH is 1. The van der Waals surface area contributed by atoms with Crippen LogP contribution in [-0.4, -0.2) is 51.6 Å². The molecular weight excluding hydrogens is 268 g/mol. The zero-order chi connectivity index (χ0) is 15.4. The molecule has 2 rings (SSSR count). The van der Waals surface area contributed by atoms with Crippen molar-refractivity contribution < 1.29 is 9.90 Å². The number of hydrogen-bond acceptors (Lipinski definition) is 3. The van der Waals surface area contributed by atoms with Gasteiger partial charge in [-0.15, -0.1) is 0 Å². The van der Waals surface area contributed by atoms with Crippen LogP contribution in [0.5, 0.6) is 0 Å². The molecule has 118 valence electrons. The van der Waals surface area contributed by atoms with Gasteiger partial charge in [0.05, 0.1) is 11.8 Å². The van der Waals surface area contributed by atoms with E-state index in [0.717, 1.165) is 37.9 Å². The third-order valence-corrected chi connectivity index (χ3v) is 4.22. The van der Waals surface area contributed by atoms with Crippen LogP contribution in [0, 0.1) is 13.8 Å². The summed E-state index contributed by atoms with van der Waals surface area (Å²) >= 11 is 0. The highest BCUT2D eigenvalue weighted by molar-refractivity contribution is 5.74. The van der Waals surface area contributed by atoms with Crippen LogP contribution in [-0.2, 0) is 13.5 Å². The maximum atomic E-state index is 12.0. The number of rotatable bonds is 4. The minimum atomic E-state index is -0.370. The van der Waals surface area contributed by atoms with E-state index in [9.17, 15) is 9.90 Å². The number of nitrogens with zero attached hydrogens (tertiary/aromatic N) is 3.